The third-order valence-electron chi connectivity index (χ3n) is 1.62. The number of aromatic nitrogens is 4. The van der Waals surface area contributed by atoms with E-state index in [0.29, 0.717) is 11.6 Å². The van der Waals surface area contributed by atoms with Gasteiger partial charge in [-0.3, -0.25) is 0 Å². The molecule has 0 atom stereocenters. The van der Waals surface area contributed by atoms with Crippen molar-refractivity contribution in [2.45, 2.75) is 6.92 Å². The Hall–Kier alpha value is -1.91. The highest BCUT2D eigenvalue weighted by Crippen LogP contribution is 2.03. The van der Waals surface area contributed by atoms with E-state index in [2.05, 4.69) is 15.1 Å². The van der Waals surface area contributed by atoms with Crippen molar-refractivity contribution in [3.8, 4) is 5.82 Å². The van der Waals surface area contributed by atoms with Gasteiger partial charge in [0.15, 0.2) is 5.82 Å². The van der Waals surface area contributed by atoms with Crippen molar-refractivity contribution in [1.82, 2.24) is 19.7 Å². The van der Waals surface area contributed by atoms with Crippen molar-refractivity contribution in [3.63, 3.8) is 0 Å². The van der Waals surface area contributed by atoms with Crippen LogP contribution in [-0.2, 0) is 0 Å². The van der Waals surface area contributed by atoms with E-state index < -0.39 is 0 Å². The first kappa shape index (κ1) is 7.72. The number of aryl methyl sites for hydroxylation is 1. The minimum absolute atomic E-state index is 0.410. The van der Waals surface area contributed by atoms with E-state index in [0.717, 1.165) is 5.69 Å². The van der Waals surface area contributed by atoms with Gasteiger partial charge in [0, 0.05) is 6.20 Å². The molecule has 5 heteroatoms. The van der Waals surface area contributed by atoms with Crippen LogP contribution in [0, 0.1) is 6.92 Å². The first-order chi connectivity index (χ1) is 6.25. The summed E-state index contributed by atoms with van der Waals surface area (Å²) in [5, 5.41) is 4.18. The topological polar surface area (TPSA) is 69.6 Å². The SMILES string of the molecule is Cc1ccn(-c2cnc(N)cn2)n1. The predicted molar refractivity (Wildman–Crippen MR) is 48.3 cm³/mol. The molecule has 5 nitrogen and oxygen atoms in total. The van der Waals surface area contributed by atoms with Crippen molar-refractivity contribution < 1.29 is 0 Å². The third-order valence-corrected chi connectivity index (χ3v) is 1.62. The molecule has 66 valence electrons. The monoisotopic (exact) mass is 175 g/mol. The van der Waals surface area contributed by atoms with Gasteiger partial charge in [-0.05, 0) is 13.0 Å². The van der Waals surface area contributed by atoms with Crippen LogP contribution < -0.4 is 5.73 Å². The molecule has 2 aromatic rings. The van der Waals surface area contributed by atoms with Crippen LogP contribution in [0.4, 0.5) is 5.82 Å². The van der Waals surface area contributed by atoms with Crippen LogP contribution in [0.2, 0.25) is 0 Å². The summed E-state index contributed by atoms with van der Waals surface area (Å²) in [5.74, 6) is 1.08. The van der Waals surface area contributed by atoms with E-state index in [1.54, 1.807) is 10.9 Å². The number of nitrogens with two attached hydrogens (primary N) is 1. The van der Waals surface area contributed by atoms with Gasteiger partial charge in [-0.1, -0.05) is 0 Å². The summed E-state index contributed by atoms with van der Waals surface area (Å²) < 4.78 is 1.65. The first-order valence-corrected chi connectivity index (χ1v) is 3.86. The number of anilines is 1. The number of nitrogen functional groups attached to an aromatic ring is 1. The van der Waals surface area contributed by atoms with E-state index in [9.17, 15) is 0 Å². The summed E-state index contributed by atoms with van der Waals surface area (Å²) >= 11 is 0. The Balaban J connectivity index is 2.41. The quantitative estimate of drug-likeness (QED) is 0.687. The fourth-order valence-corrected chi connectivity index (χ4v) is 0.992. The molecule has 0 aliphatic heterocycles. The van der Waals surface area contributed by atoms with Crippen LogP contribution >= 0.6 is 0 Å². The molecular formula is C8H9N5. The summed E-state index contributed by atoms with van der Waals surface area (Å²) in [4.78, 5) is 7.99. The van der Waals surface area contributed by atoms with Gasteiger partial charge in [-0.15, -0.1) is 0 Å². The Labute approximate surface area is 75.2 Å². The summed E-state index contributed by atoms with van der Waals surface area (Å²) in [6.07, 6.45) is 4.92. The zero-order chi connectivity index (χ0) is 9.26. The van der Waals surface area contributed by atoms with Crippen LogP contribution in [-0.4, -0.2) is 19.7 Å². The number of hydrogen-bond acceptors (Lipinski definition) is 4. The summed E-state index contributed by atoms with van der Waals surface area (Å²) in [6, 6.07) is 1.90. The molecule has 0 amide bonds. The largest absolute Gasteiger partial charge is 0.382 e. The predicted octanol–water partition coefficient (Wildman–Crippen LogP) is 0.553. The van der Waals surface area contributed by atoms with Gasteiger partial charge in [-0.25, -0.2) is 14.6 Å². The normalized spacial score (nSPS) is 10.2. The van der Waals surface area contributed by atoms with Gasteiger partial charge in [0.05, 0.1) is 18.1 Å². The van der Waals surface area contributed by atoms with Crippen molar-refractivity contribution in [3.05, 3.63) is 30.4 Å². The van der Waals surface area contributed by atoms with E-state index >= 15 is 0 Å². The molecule has 0 unspecified atom stereocenters. The Bertz CT molecular complexity index is 403. The lowest BCUT2D eigenvalue weighted by atomic mass is 10.5. The zero-order valence-electron chi connectivity index (χ0n) is 7.18. The lowest BCUT2D eigenvalue weighted by Crippen LogP contribution is -2.00. The average Bonchev–Trinajstić information content (AvgIpc) is 2.53. The second-order valence-corrected chi connectivity index (χ2v) is 2.70. The molecule has 2 heterocycles. The van der Waals surface area contributed by atoms with Crippen LogP contribution in [0.5, 0.6) is 0 Å². The van der Waals surface area contributed by atoms with E-state index in [-0.39, 0.29) is 0 Å². The molecular weight excluding hydrogens is 166 g/mol. The van der Waals surface area contributed by atoms with Crippen molar-refractivity contribution in [1.29, 1.82) is 0 Å². The minimum Gasteiger partial charge on any atom is -0.382 e. The Morgan fingerprint density at radius 3 is 2.69 bits per heavy atom. The molecule has 0 radical (unpaired) electrons. The van der Waals surface area contributed by atoms with Gasteiger partial charge < -0.3 is 5.73 Å². The highest BCUT2D eigenvalue weighted by molar-refractivity contribution is 5.28. The molecule has 0 spiro atoms. The fourth-order valence-electron chi connectivity index (χ4n) is 0.992. The maximum absolute atomic E-state index is 5.41. The maximum Gasteiger partial charge on any atom is 0.171 e. The highest BCUT2D eigenvalue weighted by Gasteiger charge is 1.98. The molecule has 2 aromatic heterocycles. The molecule has 2 N–H and O–H groups in total. The molecule has 0 saturated heterocycles. The van der Waals surface area contributed by atoms with Crippen LogP contribution in [0.25, 0.3) is 5.82 Å². The standard InChI is InChI=1S/C8H9N5/c1-6-2-3-13(12-6)8-5-10-7(9)4-11-8/h2-5H,1H3,(H2,9,10). The van der Waals surface area contributed by atoms with E-state index in [1.165, 1.54) is 6.20 Å². The van der Waals surface area contributed by atoms with Crippen LogP contribution in [0.15, 0.2) is 24.7 Å². The number of nitrogens with zero attached hydrogens (tertiary/aromatic N) is 4. The van der Waals surface area contributed by atoms with Gasteiger partial charge in [-0.2, -0.15) is 5.10 Å². The van der Waals surface area contributed by atoms with Gasteiger partial charge in [0.25, 0.3) is 0 Å². The Morgan fingerprint density at radius 1 is 1.31 bits per heavy atom. The number of hydrogen-bond donors (Lipinski definition) is 1. The van der Waals surface area contributed by atoms with Crippen LogP contribution in [0.1, 0.15) is 5.69 Å². The second kappa shape index (κ2) is 2.85. The highest BCUT2D eigenvalue weighted by atomic mass is 15.3. The summed E-state index contributed by atoms with van der Waals surface area (Å²) in [7, 11) is 0. The van der Waals surface area contributed by atoms with Crippen molar-refractivity contribution >= 4 is 5.82 Å². The van der Waals surface area contributed by atoms with Crippen LogP contribution in [0.3, 0.4) is 0 Å². The number of rotatable bonds is 1. The fraction of sp³-hybridized carbons (Fsp3) is 0.125. The molecule has 0 aliphatic carbocycles. The van der Waals surface area contributed by atoms with Gasteiger partial charge in [0.2, 0.25) is 0 Å². The summed E-state index contributed by atoms with van der Waals surface area (Å²) in [5.41, 5.74) is 6.35. The Morgan fingerprint density at radius 2 is 2.15 bits per heavy atom. The van der Waals surface area contributed by atoms with Crippen molar-refractivity contribution in [2.24, 2.45) is 0 Å². The van der Waals surface area contributed by atoms with Crippen molar-refractivity contribution in [2.75, 3.05) is 5.73 Å². The summed E-state index contributed by atoms with van der Waals surface area (Å²) in [6.45, 7) is 1.92. The first-order valence-electron chi connectivity index (χ1n) is 3.86. The molecule has 0 saturated carbocycles. The Kier molecular flexibility index (Phi) is 1.70. The minimum atomic E-state index is 0.410. The lowest BCUT2D eigenvalue weighted by molar-refractivity contribution is 0.825. The second-order valence-electron chi connectivity index (χ2n) is 2.70. The molecule has 0 bridgehead atoms. The lowest BCUT2D eigenvalue weighted by Gasteiger charge is -1.98. The third kappa shape index (κ3) is 1.48. The van der Waals surface area contributed by atoms with E-state index in [4.69, 9.17) is 5.73 Å². The van der Waals surface area contributed by atoms with E-state index in [1.807, 2.05) is 19.2 Å². The smallest absolute Gasteiger partial charge is 0.171 e. The zero-order valence-corrected chi connectivity index (χ0v) is 7.18. The molecule has 0 aromatic carbocycles. The molecule has 0 aliphatic rings. The molecule has 13 heavy (non-hydrogen) atoms. The van der Waals surface area contributed by atoms with Gasteiger partial charge >= 0.3 is 0 Å². The molecule has 2 rings (SSSR count). The van der Waals surface area contributed by atoms with Gasteiger partial charge in [0.1, 0.15) is 5.82 Å². The maximum atomic E-state index is 5.41. The molecule has 0 fully saturated rings. The average molecular weight is 175 g/mol.